The van der Waals surface area contributed by atoms with Crippen molar-refractivity contribution in [2.75, 3.05) is 13.2 Å². The smallest absolute Gasteiger partial charge is 0.306 e. The molecule has 0 saturated heterocycles. The Morgan fingerprint density at radius 3 is 0.928 bits per heavy atom. The largest absolute Gasteiger partial charge is 0.462 e. The standard InChI is InChI=1S/C63H100O6/c1-4-7-10-13-16-19-22-25-28-30-31-33-35-38-41-44-47-50-53-56-62(65)68-59-60(58-67-61(64)55-52-49-46-43-40-37-34-27-24-21-18-15-12-9-6-3)69-63(66)57-54-51-48-45-42-39-36-32-29-26-23-20-17-14-11-8-5-2/h7,9-10,12,16-21,25-29,31,33-34,38,40-41,43,60H,4-6,8,11,13-15,22-24,30,32,35-37,39,42,44-59H2,1-3H3/b10-7-,12-9-,19-16-,20-17-,21-18-,28-25-,29-26-,33-31-,34-27-,41-38-,43-40-. The van der Waals surface area contributed by atoms with Crippen LogP contribution >= 0.6 is 0 Å². The summed E-state index contributed by atoms with van der Waals surface area (Å²) in [7, 11) is 0. The molecule has 1 atom stereocenters. The number of hydrogen-bond acceptors (Lipinski definition) is 6. The first kappa shape index (κ1) is 64.5. The maximum atomic E-state index is 12.8. The number of ether oxygens (including phenoxy) is 3. The summed E-state index contributed by atoms with van der Waals surface area (Å²) in [5.74, 6) is -1.00. The van der Waals surface area contributed by atoms with Crippen molar-refractivity contribution in [1.82, 2.24) is 0 Å². The third kappa shape index (κ3) is 54.4. The highest BCUT2D eigenvalue weighted by Crippen LogP contribution is 2.13. The van der Waals surface area contributed by atoms with Gasteiger partial charge in [0.1, 0.15) is 13.2 Å². The molecule has 0 rings (SSSR count). The van der Waals surface area contributed by atoms with Gasteiger partial charge in [-0.05, 0) is 135 Å². The second-order valence-electron chi connectivity index (χ2n) is 17.7. The molecule has 0 heterocycles. The van der Waals surface area contributed by atoms with Crippen molar-refractivity contribution < 1.29 is 28.6 Å². The first-order valence-corrected chi connectivity index (χ1v) is 27.7. The zero-order chi connectivity index (χ0) is 50.0. The van der Waals surface area contributed by atoms with Gasteiger partial charge in [-0.2, -0.15) is 0 Å². The number of allylic oxidation sites excluding steroid dienone is 22. The van der Waals surface area contributed by atoms with Crippen LogP contribution in [-0.4, -0.2) is 37.2 Å². The average molecular weight is 953 g/mol. The molecule has 0 spiro atoms. The number of unbranched alkanes of at least 4 members (excludes halogenated alkanes) is 15. The van der Waals surface area contributed by atoms with E-state index in [1.165, 1.54) is 51.4 Å². The Morgan fingerprint density at radius 2 is 0.565 bits per heavy atom. The van der Waals surface area contributed by atoms with Crippen molar-refractivity contribution in [1.29, 1.82) is 0 Å². The lowest BCUT2D eigenvalue weighted by atomic mass is 10.1. The fourth-order valence-corrected chi connectivity index (χ4v) is 7.02. The predicted octanol–water partition coefficient (Wildman–Crippen LogP) is 18.6. The average Bonchev–Trinajstić information content (AvgIpc) is 3.35. The molecular weight excluding hydrogens is 853 g/mol. The first-order valence-electron chi connectivity index (χ1n) is 27.7. The van der Waals surface area contributed by atoms with E-state index in [0.29, 0.717) is 25.7 Å². The summed E-state index contributed by atoms with van der Waals surface area (Å²) in [4.78, 5) is 38.1. The van der Waals surface area contributed by atoms with Crippen LogP contribution < -0.4 is 0 Å². The Hall–Kier alpha value is -4.45. The number of esters is 3. The monoisotopic (exact) mass is 953 g/mol. The molecule has 0 radical (unpaired) electrons. The van der Waals surface area contributed by atoms with Crippen LogP contribution in [0, 0.1) is 0 Å². The lowest BCUT2D eigenvalue weighted by molar-refractivity contribution is -0.167. The molecule has 6 nitrogen and oxygen atoms in total. The van der Waals surface area contributed by atoms with E-state index in [-0.39, 0.29) is 31.1 Å². The molecule has 1 unspecified atom stereocenters. The molecule has 0 saturated carbocycles. The van der Waals surface area contributed by atoms with Crippen molar-refractivity contribution >= 4 is 17.9 Å². The van der Waals surface area contributed by atoms with Crippen molar-refractivity contribution in [3.8, 4) is 0 Å². The third-order valence-corrected chi connectivity index (χ3v) is 11.1. The van der Waals surface area contributed by atoms with Crippen LogP contribution in [0.1, 0.15) is 226 Å². The Balaban J connectivity index is 4.55. The van der Waals surface area contributed by atoms with Gasteiger partial charge in [-0.25, -0.2) is 0 Å². The summed E-state index contributed by atoms with van der Waals surface area (Å²) in [5.41, 5.74) is 0. The van der Waals surface area contributed by atoms with Crippen LogP contribution in [0.4, 0.5) is 0 Å². The van der Waals surface area contributed by atoms with Crippen molar-refractivity contribution in [2.45, 2.75) is 232 Å². The first-order chi connectivity index (χ1) is 34.0. The molecule has 0 amide bonds. The molecule has 0 aliphatic heterocycles. The third-order valence-electron chi connectivity index (χ3n) is 11.1. The van der Waals surface area contributed by atoms with Crippen molar-refractivity contribution in [2.24, 2.45) is 0 Å². The Morgan fingerprint density at radius 1 is 0.304 bits per heavy atom. The lowest BCUT2D eigenvalue weighted by Gasteiger charge is -2.18. The Bertz CT molecular complexity index is 1510. The van der Waals surface area contributed by atoms with E-state index in [0.717, 1.165) is 128 Å². The van der Waals surface area contributed by atoms with Gasteiger partial charge in [0, 0.05) is 19.3 Å². The van der Waals surface area contributed by atoms with Gasteiger partial charge in [-0.15, -0.1) is 0 Å². The second kappa shape index (κ2) is 56.1. The molecule has 0 fully saturated rings. The maximum Gasteiger partial charge on any atom is 0.306 e. The summed E-state index contributed by atoms with van der Waals surface area (Å²) in [5, 5.41) is 0. The van der Waals surface area contributed by atoms with E-state index >= 15 is 0 Å². The summed E-state index contributed by atoms with van der Waals surface area (Å²) in [6, 6.07) is 0. The quantitative estimate of drug-likeness (QED) is 0.0262. The van der Waals surface area contributed by atoms with Crippen LogP contribution in [0.25, 0.3) is 0 Å². The minimum Gasteiger partial charge on any atom is -0.462 e. The fraction of sp³-hybridized carbons (Fsp3) is 0.603. The summed E-state index contributed by atoms with van der Waals surface area (Å²) in [6.07, 6.45) is 78.6. The summed E-state index contributed by atoms with van der Waals surface area (Å²) >= 11 is 0. The number of hydrogen-bond donors (Lipinski definition) is 0. The summed E-state index contributed by atoms with van der Waals surface area (Å²) in [6.45, 7) is 6.30. The highest BCUT2D eigenvalue weighted by molar-refractivity contribution is 5.71. The molecule has 0 bridgehead atoms. The highest BCUT2D eigenvalue weighted by Gasteiger charge is 2.19. The van der Waals surface area contributed by atoms with Crippen LogP contribution in [0.5, 0.6) is 0 Å². The minimum absolute atomic E-state index is 0.116. The van der Waals surface area contributed by atoms with Gasteiger partial charge in [0.15, 0.2) is 6.10 Å². The molecule has 0 aliphatic carbocycles. The van der Waals surface area contributed by atoms with Crippen molar-refractivity contribution in [3.63, 3.8) is 0 Å². The van der Waals surface area contributed by atoms with Gasteiger partial charge in [-0.1, -0.05) is 206 Å². The Kier molecular flexibility index (Phi) is 52.5. The van der Waals surface area contributed by atoms with Gasteiger partial charge in [-0.3, -0.25) is 14.4 Å². The van der Waals surface area contributed by atoms with Crippen molar-refractivity contribution in [3.05, 3.63) is 134 Å². The Labute approximate surface area is 424 Å². The minimum atomic E-state index is -0.819. The SMILES string of the molecule is CC/C=C\C/C=C\C/C=C\C/C=C\C/C=C\CCCCCC(=O)OCC(COC(=O)CCCC/C=C\C/C=C\C/C=C\C/C=C\CC)OC(=O)CCCCCCCCC/C=C\C/C=C\CCCCC. The van der Waals surface area contributed by atoms with E-state index in [2.05, 4.69) is 154 Å². The van der Waals surface area contributed by atoms with Gasteiger partial charge in [0.05, 0.1) is 0 Å². The van der Waals surface area contributed by atoms with E-state index in [1.807, 2.05) is 0 Å². The van der Waals surface area contributed by atoms with Gasteiger partial charge < -0.3 is 14.2 Å². The van der Waals surface area contributed by atoms with Crippen LogP contribution in [0.2, 0.25) is 0 Å². The number of carbonyl (C=O) groups is 3. The topological polar surface area (TPSA) is 78.9 Å². The summed E-state index contributed by atoms with van der Waals surface area (Å²) < 4.78 is 16.8. The molecule has 0 aliphatic rings. The van der Waals surface area contributed by atoms with Gasteiger partial charge in [0.25, 0.3) is 0 Å². The molecule has 0 aromatic heterocycles. The molecule has 69 heavy (non-hydrogen) atoms. The fourth-order valence-electron chi connectivity index (χ4n) is 7.02. The van der Waals surface area contributed by atoms with E-state index in [9.17, 15) is 14.4 Å². The molecule has 6 heteroatoms. The molecular formula is C63H100O6. The zero-order valence-electron chi connectivity index (χ0n) is 44.3. The molecule has 0 aromatic carbocycles. The number of rotatable bonds is 48. The van der Waals surface area contributed by atoms with E-state index in [1.54, 1.807) is 0 Å². The highest BCUT2D eigenvalue weighted by atomic mass is 16.6. The lowest BCUT2D eigenvalue weighted by Crippen LogP contribution is -2.30. The zero-order valence-corrected chi connectivity index (χ0v) is 44.3. The van der Waals surface area contributed by atoms with Crippen LogP contribution in [-0.2, 0) is 28.6 Å². The maximum absolute atomic E-state index is 12.8. The van der Waals surface area contributed by atoms with Gasteiger partial charge in [0.2, 0.25) is 0 Å². The van der Waals surface area contributed by atoms with Crippen LogP contribution in [0.3, 0.4) is 0 Å². The van der Waals surface area contributed by atoms with E-state index in [4.69, 9.17) is 14.2 Å². The van der Waals surface area contributed by atoms with Gasteiger partial charge >= 0.3 is 17.9 Å². The second-order valence-corrected chi connectivity index (χ2v) is 17.7. The number of carbonyl (C=O) groups excluding carboxylic acids is 3. The predicted molar refractivity (Wildman–Crippen MR) is 297 cm³/mol. The molecule has 0 N–H and O–H groups in total. The molecule has 388 valence electrons. The normalized spacial score (nSPS) is 13.1. The van der Waals surface area contributed by atoms with Crippen LogP contribution in [0.15, 0.2) is 134 Å². The molecule has 0 aromatic rings. The van der Waals surface area contributed by atoms with E-state index < -0.39 is 6.10 Å².